The van der Waals surface area contributed by atoms with Crippen molar-refractivity contribution in [2.75, 3.05) is 47.8 Å². The Morgan fingerprint density at radius 1 is 1.26 bits per heavy atom. The van der Waals surface area contributed by atoms with Gasteiger partial charge in [0, 0.05) is 50.0 Å². The molecule has 0 aliphatic carbocycles. The highest BCUT2D eigenvalue weighted by atomic mass is 35.5. The number of benzene rings is 1. The number of aryl methyl sites for hydroxylation is 1. The number of rotatable bonds is 1. The first-order valence-corrected chi connectivity index (χ1v) is 9.70. The van der Waals surface area contributed by atoms with E-state index in [4.69, 9.17) is 11.6 Å². The lowest BCUT2D eigenvalue weighted by molar-refractivity contribution is 0.178. The number of urea groups is 1. The molecule has 7 heteroatoms. The van der Waals surface area contributed by atoms with Crippen molar-refractivity contribution in [3.8, 4) is 0 Å². The summed E-state index contributed by atoms with van der Waals surface area (Å²) in [5, 5.41) is 3.99. The number of carbonyl (C=O) groups excluding carboxylic acids is 1. The average Bonchev–Trinajstić information content (AvgIpc) is 2.67. The Morgan fingerprint density at radius 2 is 2.11 bits per heavy atom. The molecule has 0 unspecified atom stereocenters. The van der Waals surface area contributed by atoms with E-state index >= 15 is 0 Å². The quantitative estimate of drug-likeness (QED) is 0.814. The van der Waals surface area contributed by atoms with Crippen LogP contribution in [0.3, 0.4) is 0 Å². The third kappa shape index (κ3) is 3.41. The van der Waals surface area contributed by atoms with Crippen molar-refractivity contribution in [2.45, 2.75) is 19.9 Å². The first-order valence-electron chi connectivity index (χ1n) is 9.32. The van der Waals surface area contributed by atoms with Crippen LogP contribution in [-0.4, -0.2) is 54.7 Å². The molecule has 2 aliphatic heterocycles. The first kappa shape index (κ1) is 17.9. The number of anilines is 3. The fraction of sp³-hybridized carbons (Fsp3) is 0.400. The molecule has 0 radical (unpaired) electrons. The van der Waals surface area contributed by atoms with Gasteiger partial charge in [-0.05, 0) is 43.7 Å². The first-order chi connectivity index (χ1) is 13.0. The number of hydrogen-bond acceptors (Lipinski definition) is 4. The number of aromatic nitrogens is 1. The summed E-state index contributed by atoms with van der Waals surface area (Å²) in [6.07, 6.45) is 1.83. The molecule has 0 bridgehead atoms. The fourth-order valence-electron chi connectivity index (χ4n) is 3.90. The Hall–Kier alpha value is -2.47. The van der Waals surface area contributed by atoms with Gasteiger partial charge in [-0.2, -0.15) is 0 Å². The van der Waals surface area contributed by atoms with E-state index in [1.165, 1.54) is 0 Å². The summed E-state index contributed by atoms with van der Waals surface area (Å²) in [5.41, 5.74) is 2.97. The number of carbonyl (C=O) groups is 1. The van der Waals surface area contributed by atoms with Gasteiger partial charge in [0.2, 0.25) is 0 Å². The van der Waals surface area contributed by atoms with Gasteiger partial charge < -0.3 is 15.1 Å². The van der Waals surface area contributed by atoms with Crippen molar-refractivity contribution in [3.05, 3.63) is 47.1 Å². The van der Waals surface area contributed by atoms with E-state index in [9.17, 15) is 4.79 Å². The molecule has 1 aromatic carbocycles. The van der Waals surface area contributed by atoms with E-state index < -0.39 is 0 Å². The lowest BCUT2D eigenvalue weighted by atomic mass is 10.1. The zero-order valence-electron chi connectivity index (χ0n) is 15.7. The molecule has 27 heavy (non-hydrogen) atoms. The molecule has 1 N–H and O–H groups in total. The minimum Gasteiger partial charge on any atom is -0.382 e. The maximum absolute atomic E-state index is 13.3. The average molecular weight is 386 g/mol. The summed E-state index contributed by atoms with van der Waals surface area (Å²) < 4.78 is 0. The molecule has 1 saturated heterocycles. The molecular formula is C20H24ClN5O. The zero-order valence-corrected chi connectivity index (χ0v) is 16.4. The minimum absolute atomic E-state index is 0.0602. The molecule has 4 rings (SSSR count). The van der Waals surface area contributed by atoms with Crippen molar-refractivity contribution in [2.24, 2.45) is 0 Å². The van der Waals surface area contributed by atoms with Crippen LogP contribution in [0.5, 0.6) is 0 Å². The van der Waals surface area contributed by atoms with Crippen LogP contribution < -0.4 is 15.1 Å². The standard InChI is InChI=1S/C20H24ClN5O/c1-14-4-3-7-23-19(14)24-10-11-25(15(2)13-24)20(27)26-9-8-22-17-12-16(21)5-6-18(17)26/h3-7,12,15,22H,8-11,13H2,1-2H3/t15-/m1/s1. The predicted molar refractivity (Wildman–Crippen MR) is 110 cm³/mol. The van der Waals surface area contributed by atoms with E-state index in [0.29, 0.717) is 18.1 Å². The number of fused-ring (bicyclic) bond motifs is 1. The van der Waals surface area contributed by atoms with Crippen LogP contribution in [0.1, 0.15) is 12.5 Å². The Morgan fingerprint density at radius 3 is 2.89 bits per heavy atom. The molecule has 6 nitrogen and oxygen atoms in total. The van der Waals surface area contributed by atoms with Crippen LogP contribution in [-0.2, 0) is 0 Å². The maximum atomic E-state index is 13.3. The highest BCUT2D eigenvalue weighted by Gasteiger charge is 2.33. The van der Waals surface area contributed by atoms with E-state index in [2.05, 4.69) is 35.1 Å². The van der Waals surface area contributed by atoms with Gasteiger partial charge in [-0.3, -0.25) is 4.90 Å². The highest BCUT2D eigenvalue weighted by molar-refractivity contribution is 6.31. The lowest BCUT2D eigenvalue weighted by Gasteiger charge is -2.43. The van der Waals surface area contributed by atoms with Gasteiger partial charge in [-0.25, -0.2) is 9.78 Å². The smallest absolute Gasteiger partial charge is 0.324 e. The molecular weight excluding hydrogens is 362 g/mol. The second-order valence-electron chi connectivity index (χ2n) is 7.15. The topological polar surface area (TPSA) is 51.7 Å². The highest BCUT2D eigenvalue weighted by Crippen LogP contribution is 2.33. The molecule has 3 heterocycles. The van der Waals surface area contributed by atoms with Crippen LogP contribution in [0.15, 0.2) is 36.5 Å². The Kier molecular flexibility index (Phi) is 4.83. The zero-order chi connectivity index (χ0) is 19.0. The monoisotopic (exact) mass is 385 g/mol. The summed E-state index contributed by atoms with van der Waals surface area (Å²) in [6, 6.07) is 9.83. The molecule has 2 aliphatic rings. The summed E-state index contributed by atoms with van der Waals surface area (Å²) in [4.78, 5) is 23.9. The second-order valence-corrected chi connectivity index (χ2v) is 7.59. The summed E-state index contributed by atoms with van der Waals surface area (Å²) in [6.45, 7) is 7.81. The Balaban J connectivity index is 1.51. The molecule has 2 aromatic rings. The molecule has 2 amide bonds. The van der Waals surface area contributed by atoms with Crippen LogP contribution in [0.2, 0.25) is 5.02 Å². The van der Waals surface area contributed by atoms with Gasteiger partial charge >= 0.3 is 6.03 Å². The number of nitrogens with zero attached hydrogens (tertiary/aromatic N) is 4. The molecule has 0 spiro atoms. The van der Waals surface area contributed by atoms with Crippen LogP contribution in [0, 0.1) is 6.92 Å². The van der Waals surface area contributed by atoms with Crippen molar-refractivity contribution in [3.63, 3.8) is 0 Å². The van der Waals surface area contributed by atoms with Gasteiger partial charge in [0.25, 0.3) is 0 Å². The number of amides is 2. The maximum Gasteiger partial charge on any atom is 0.324 e. The van der Waals surface area contributed by atoms with Crippen LogP contribution in [0.25, 0.3) is 0 Å². The number of piperazine rings is 1. The predicted octanol–water partition coefficient (Wildman–Crippen LogP) is 3.61. The van der Waals surface area contributed by atoms with Crippen molar-refractivity contribution in [1.29, 1.82) is 0 Å². The van der Waals surface area contributed by atoms with Gasteiger partial charge in [0.05, 0.1) is 11.4 Å². The fourth-order valence-corrected chi connectivity index (χ4v) is 4.08. The molecule has 0 saturated carbocycles. The van der Waals surface area contributed by atoms with Gasteiger partial charge in [-0.15, -0.1) is 0 Å². The largest absolute Gasteiger partial charge is 0.382 e. The SMILES string of the molecule is Cc1cccnc1N1CCN(C(=O)N2CCNc3cc(Cl)ccc32)[C@H](C)C1. The van der Waals surface area contributed by atoms with E-state index in [1.807, 2.05) is 40.3 Å². The third-order valence-electron chi connectivity index (χ3n) is 5.29. The van der Waals surface area contributed by atoms with Crippen molar-refractivity contribution >= 4 is 34.8 Å². The van der Waals surface area contributed by atoms with Crippen LogP contribution >= 0.6 is 11.6 Å². The number of pyridine rings is 1. The van der Waals surface area contributed by atoms with Crippen molar-refractivity contribution < 1.29 is 4.79 Å². The number of halogens is 1. The Labute approximate surface area is 164 Å². The van der Waals surface area contributed by atoms with E-state index in [0.717, 1.165) is 42.4 Å². The molecule has 1 aromatic heterocycles. The van der Waals surface area contributed by atoms with Gasteiger partial charge in [0.1, 0.15) is 5.82 Å². The number of nitrogens with one attached hydrogen (secondary N) is 1. The normalized spacial score (nSPS) is 19.5. The molecule has 1 fully saturated rings. The molecule has 1 atom stereocenters. The van der Waals surface area contributed by atoms with E-state index in [1.54, 1.807) is 0 Å². The van der Waals surface area contributed by atoms with Gasteiger partial charge in [0.15, 0.2) is 0 Å². The lowest BCUT2D eigenvalue weighted by Crippen LogP contribution is -2.58. The number of hydrogen-bond donors (Lipinski definition) is 1. The summed E-state index contributed by atoms with van der Waals surface area (Å²) >= 11 is 6.10. The Bertz CT molecular complexity index is 858. The van der Waals surface area contributed by atoms with Crippen LogP contribution in [0.4, 0.5) is 22.0 Å². The minimum atomic E-state index is 0.0602. The summed E-state index contributed by atoms with van der Waals surface area (Å²) in [5.74, 6) is 1.01. The third-order valence-corrected chi connectivity index (χ3v) is 5.52. The van der Waals surface area contributed by atoms with Crippen molar-refractivity contribution in [1.82, 2.24) is 9.88 Å². The second kappa shape index (κ2) is 7.27. The van der Waals surface area contributed by atoms with E-state index in [-0.39, 0.29) is 12.1 Å². The molecule has 142 valence electrons. The van der Waals surface area contributed by atoms with Gasteiger partial charge in [-0.1, -0.05) is 17.7 Å². The summed E-state index contributed by atoms with van der Waals surface area (Å²) in [7, 11) is 0.